The number of cyclic esters (lactones) is 1. The number of fused-ring (bicyclic) bond motifs is 1. The molecular formula is C36H50N2O7. The van der Waals surface area contributed by atoms with E-state index in [-0.39, 0.29) is 31.0 Å². The van der Waals surface area contributed by atoms with Crippen LogP contribution in [-0.4, -0.2) is 76.1 Å². The van der Waals surface area contributed by atoms with E-state index in [2.05, 4.69) is 32.9 Å². The van der Waals surface area contributed by atoms with Crippen LogP contribution in [0.5, 0.6) is 0 Å². The van der Waals surface area contributed by atoms with Gasteiger partial charge in [-0.05, 0) is 56.7 Å². The number of hydrogen-bond donors (Lipinski definition) is 5. The Kier molecular flexibility index (Phi) is 16.0. The lowest BCUT2D eigenvalue weighted by molar-refractivity contribution is -0.144. The molecule has 1 saturated heterocycles. The lowest BCUT2D eigenvalue weighted by atomic mass is 9.86. The summed E-state index contributed by atoms with van der Waals surface area (Å²) in [4.78, 5) is 25.7. The van der Waals surface area contributed by atoms with Crippen molar-refractivity contribution in [2.45, 2.75) is 94.4 Å². The Morgan fingerprint density at radius 1 is 0.911 bits per heavy atom. The van der Waals surface area contributed by atoms with Crippen molar-refractivity contribution >= 4 is 24.2 Å². The molecule has 0 radical (unpaired) electrons. The highest BCUT2D eigenvalue weighted by Gasteiger charge is 2.39. The highest BCUT2D eigenvalue weighted by atomic mass is 16.6. The number of ketones is 1. The first-order chi connectivity index (χ1) is 21.5. The lowest BCUT2D eigenvalue weighted by Crippen LogP contribution is -2.41. The number of hydrogen-bond acceptors (Lipinski definition) is 9. The maximum Gasteiger partial charge on any atom is 0.338 e. The highest BCUT2D eigenvalue weighted by molar-refractivity contribution is 5.91. The zero-order chi connectivity index (χ0) is 33.5. The second-order valence-electron chi connectivity index (χ2n) is 11.8. The van der Waals surface area contributed by atoms with Gasteiger partial charge < -0.3 is 35.6 Å². The number of ether oxygens (including phenoxy) is 2. The molecule has 45 heavy (non-hydrogen) atoms. The Labute approximate surface area is 267 Å². The van der Waals surface area contributed by atoms with Crippen molar-refractivity contribution in [3.8, 4) is 0 Å². The third kappa shape index (κ3) is 12.1. The van der Waals surface area contributed by atoms with Gasteiger partial charge in [0, 0.05) is 30.4 Å². The van der Waals surface area contributed by atoms with Crippen LogP contribution in [0.2, 0.25) is 0 Å². The summed E-state index contributed by atoms with van der Waals surface area (Å²) in [5.41, 5.74) is 1.56. The highest BCUT2D eigenvalue weighted by Crippen LogP contribution is 2.34. The summed E-state index contributed by atoms with van der Waals surface area (Å²) in [5, 5.41) is 48.1. The van der Waals surface area contributed by atoms with Crippen molar-refractivity contribution < 1.29 is 34.4 Å². The van der Waals surface area contributed by atoms with Crippen LogP contribution in [0.25, 0.3) is 0 Å². The number of rotatable bonds is 6. The summed E-state index contributed by atoms with van der Waals surface area (Å²) in [6.45, 7) is 19.1. The predicted octanol–water partition coefficient (Wildman–Crippen LogP) is 5.14. The molecule has 9 heteroatoms. The van der Waals surface area contributed by atoms with E-state index in [9.17, 15) is 24.9 Å². The Balaban J connectivity index is 2.28. The van der Waals surface area contributed by atoms with Gasteiger partial charge in [0.25, 0.3) is 0 Å². The van der Waals surface area contributed by atoms with Crippen LogP contribution in [-0.2, 0) is 19.1 Å². The zero-order valence-corrected chi connectivity index (χ0v) is 26.2. The molecule has 2 heterocycles. The molecule has 0 aromatic rings. The molecule has 0 aliphatic carbocycles. The predicted molar refractivity (Wildman–Crippen MR) is 177 cm³/mol. The maximum absolute atomic E-state index is 12.9. The van der Waals surface area contributed by atoms with Crippen LogP contribution in [0.15, 0.2) is 86.1 Å². The summed E-state index contributed by atoms with van der Waals surface area (Å²) in [6, 6.07) is 0. The molecule has 1 fully saturated rings. The normalized spacial score (nSPS) is 36.0. The molecule has 2 aliphatic rings. The van der Waals surface area contributed by atoms with E-state index < -0.39 is 54.4 Å². The summed E-state index contributed by atoms with van der Waals surface area (Å²) < 4.78 is 11.4. The minimum atomic E-state index is -1.82. The largest absolute Gasteiger partial charge is 0.455 e. The average Bonchev–Trinajstić information content (AvgIpc) is 3.77. The summed E-state index contributed by atoms with van der Waals surface area (Å²) in [7, 11) is 0. The maximum atomic E-state index is 12.9. The molecule has 0 saturated carbocycles. The molecule has 2 aliphatic heterocycles. The number of aliphatic hydroxyl groups is 3. The number of Topliss-reactive ketones (excluding diaryl/α,β-unsaturated/α-hetero) is 1. The topological polar surface area (TPSA) is 164 Å². The van der Waals surface area contributed by atoms with Crippen molar-refractivity contribution in [3.63, 3.8) is 0 Å². The van der Waals surface area contributed by atoms with Crippen molar-refractivity contribution in [1.82, 2.24) is 0 Å². The van der Waals surface area contributed by atoms with Crippen molar-refractivity contribution in [3.05, 3.63) is 86.1 Å². The van der Waals surface area contributed by atoms with E-state index in [0.29, 0.717) is 36.0 Å². The van der Waals surface area contributed by atoms with Gasteiger partial charge in [0.2, 0.25) is 0 Å². The average molecular weight is 623 g/mol. The minimum Gasteiger partial charge on any atom is -0.455 e. The van der Waals surface area contributed by atoms with E-state index in [1.807, 2.05) is 0 Å². The molecule has 9 nitrogen and oxygen atoms in total. The molecule has 0 bridgehead atoms. The van der Waals surface area contributed by atoms with Crippen molar-refractivity contribution in [2.24, 2.45) is 17.8 Å². The number of allylic oxidation sites excluding steroid dienone is 5. The number of nitrogens with one attached hydrogen (secondary N) is 2. The second kappa shape index (κ2) is 19.1. The fraction of sp³-hybridized carbons (Fsp3) is 0.500. The quantitative estimate of drug-likeness (QED) is 0.118. The van der Waals surface area contributed by atoms with Crippen LogP contribution in [0.1, 0.15) is 57.8 Å². The number of esters is 1. The molecule has 9 unspecified atom stereocenters. The van der Waals surface area contributed by atoms with Crippen LogP contribution in [0.4, 0.5) is 0 Å². The Bertz CT molecular complexity index is 1170. The van der Waals surface area contributed by atoms with E-state index in [4.69, 9.17) is 20.3 Å². The Hall–Kier alpha value is -3.50. The molecule has 9 atom stereocenters. The van der Waals surface area contributed by atoms with Gasteiger partial charge in [-0.25, -0.2) is 4.79 Å². The molecule has 0 aromatic heterocycles. The molecular weight excluding hydrogens is 572 g/mol. The van der Waals surface area contributed by atoms with Gasteiger partial charge in [0.05, 0.1) is 30.0 Å². The lowest BCUT2D eigenvalue weighted by Gasteiger charge is -2.27. The first-order valence-electron chi connectivity index (χ1n) is 15.6. The molecule has 0 aromatic carbocycles. The zero-order valence-electron chi connectivity index (χ0n) is 26.2. The smallest absolute Gasteiger partial charge is 0.338 e. The molecule has 5 N–H and O–H groups in total. The van der Waals surface area contributed by atoms with Gasteiger partial charge in [0.15, 0.2) is 5.78 Å². The minimum absolute atomic E-state index is 0.0223. The van der Waals surface area contributed by atoms with Gasteiger partial charge in [0.1, 0.15) is 12.2 Å². The standard InChI is InChI=1S/C36H50N2O7/c1-6-25-13-11-10-12-14-32-33(45-32)17-24(21-37)15-23(5)16-28(22-38)26(7-2)18-29(39)20-31(40)35(42)34(41)27(8-3)19-30(9-4)44-36(25)43/h6-9,13,16,21-22,24,26-27,29-30,32-35,37-39,41-42H,1-5,10-12,14-15,17-20H2/b25-13+,28-16+,37-21?,38-22?. The number of aliphatic hydroxyl groups excluding tert-OH is 3. The van der Waals surface area contributed by atoms with E-state index in [1.165, 1.54) is 24.4 Å². The van der Waals surface area contributed by atoms with Crippen molar-refractivity contribution in [1.29, 1.82) is 10.8 Å². The fourth-order valence-corrected chi connectivity index (χ4v) is 5.60. The Morgan fingerprint density at radius 2 is 1.64 bits per heavy atom. The third-order valence-electron chi connectivity index (χ3n) is 8.38. The fourth-order valence-electron chi connectivity index (χ4n) is 5.60. The van der Waals surface area contributed by atoms with E-state index in [0.717, 1.165) is 25.5 Å². The van der Waals surface area contributed by atoms with Crippen LogP contribution in [0, 0.1) is 28.6 Å². The molecule has 0 amide bonds. The SMILES string of the molecule is C=C/C1=C\CCCCC2OC2CC(C=N)CC(=C)/C=C(\C=N)C(C=C)CC(O)CC(=O)C(O)C(O)C(C=C)CC(C=C)OC1=O. The number of carbonyl (C=O) groups excluding carboxylic acids is 2. The number of epoxide rings is 1. The molecule has 0 spiro atoms. The van der Waals surface area contributed by atoms with Gasteiger partial charge in [-0.1, -0.05) is 68.2 Å². The van der Waals surface area contributed by atoms with Gasteiger partial charge in [-0.15, -0.1) is 13.2 Å². The summed E-state index contributed by atoms with van der Waals surface area (Å²) in [5.74, 6) is -2.77. The van der Waals surface area contributed by atoms with Crippen LogP contribution >= 0.6 is 0 Å². The van der Waals surface area contributed by atoms with E-state index >= 15 is 0 Å². The monoisotopic (exact) mass is 622 g/mol. The van der Waals surface area contributed by atoms with Gasteiger partial charge >= 0.3 is 5.97 Å². The van der Waals surface area contributed by atoms with E-state index in [1.54, 1.807) is 18.2 Å². The number of carbonyl (C=O) groups is 2. The molecule has 2 rings (SSSR count). The molecule has 246 valence electrons. The van der Waals surface area contributed by atoms with Crippen LogP contribution < -0.4 is 0 Å². The second-order valence-corrected chi connectivity index (χ2v) is 11.8. The van der Waals surface area contributed by atoms with Gasteiger partial charge in [-0.2, -0.15) is 0 Å². The summed E-state index contributed by atoms with van der Waals surface area (Å²) in [6.07, 6.45) is 10.7. The Morgan fingerprint density at radius 3 is 2.24 bits per heavy atom. The first kappa shape index (κ1) is 37.7. The van der Waals surface area contributed by atoms with Crippen molar-refractivity contribution in [2.75, 3.05) is 0 Å². The van der Waals surface area contributed by atoms with Gasteiger partial charge in [-0.3, -0.25) is 4.79 Å². The summed E-state index contributed by atoms with van der Waals surface area (Å²) >= 11 is 0. The first-order valence-corrected chi connectivity index (χ1v) is 15.6. The third-order valence-corrected chi connectivity index (χ3v) is 8.38. The van der Waals surface area contributed by atoms with Crippen LogP contribution in [0.3, 0.4) is 0 Å².